The first-order valence-electron chi connectivity index (χ1n) is 10.2. The molecule has 0 aliphatic rings. The summed E-state index contributed by atoms with van der Waals surface area (Å²) >= 11 is 0. The van der Waals surface area contributed by atoms with Crippen LogP contribution in [0.2, 0.25) is 0 Å². The van der Waals surface area contributed by atoms with Crippen LogP contribution in [0, 0.1) is 0 Å². The van der Waals surface area contributed by atoms with Crippen molar-refractivity contribution in [2.75, 3.05) is 6.61 Å². The molecule has 1 N–H and O–H groups in total. The summed E-state index contributed by atoms with van der Waals surface area (Å²) in [6, 6.07) is 1.52. The average Bonchev–Trinajstić information content (AvgIpc) is 2.77. The summed E-state index contributed by atoms with van der Waals surface area (Å²) in [7, 11) is 0. The van der Waals surface area contributed by atoms with Gasteiger partial charge in [-0.25, -0.2) is 0 Å². The van der Waals surface area contributed by atoms with Gasteiger partial charge >= 0.3 is 41.8 Å². The molecule has 0 fully saturated rings. The third-order valence-electron chi connectivity index (χ3n) is 4.97. The summed E-state index contributed by atoms with van der Waals surface area (Å²) in [6.45, 7) is 1.76. The second-order valence-electron chi connectivity index (χ2n) is 7.58. The summed E-state index contributed by atoms with van der Waals surface area (Å²) in [5.74, 6) is -39.1. The topological polar surface area (TPSA) is 38.3 Å². The van der Waals surface area contributed by atoms with E-state index in [2.05, 4.69) is 4.74 Å². The molecule has 0 bridgehead atoms. The predicted octanol–water partition coefficient (Wildman–Crippen LogP) is 6.43. The molecule has 1 rings (SSSR count). The van der Waals surface area contributed by atoms with Gasteiger partial charge in [-0.15, -0.1) is 0 Å². The molecule has 1 aromatic carbocycles. The summed E-state index contributed by atoms with van der Waals surface area (Å²) in [5, 5.41) is 1.55. The maximum atomic E-state index is 14.8. The van der Waals surface area contributed by atoms with E-state index < -0.39 is 60.3 Å². The highest BCUT2D eigenvalue weighted by Crippen LogP contribution is 2.60. The SMILES string of the molecule is C/C=C/[C@H](N[C@@H](Cc1ccccc1)C(=O)OCC)C(F)(F)C(F)(F)C(F)(F)C(F)(F)C(F)(F)C(F)(F)F. The number of carbonyl (C=O) groups excluding carboxylic acids is 1. The molecule has 0 heterocycles. The molecule has 212 valence electrons. The van der Waals surface area contributed by atoms with Crippen LogP contribution in [-0.4, -0.2) is 60.4 Å². The van der Waals surface area contributed by atoms with Crippen LogP contribution in [0.25, 0.3) is 0 Å². The van der Waals surface area contributed by atoms with Gasteiger partial charge in [0.25, 0.3) is 0 Å². The van der Waals surface area contributed by atoms with Crippen molar-refractivity contribution in [1.82, 2.24) is 5.32 Å². The lowest BCUT2D eigenvalue weighted by Crippen LogP contribution is -2.72. The van der Waals surface area contributed by atoms with E-state index in [1.54, 1.807) is 5.32 Å². The molecule has 0 aromatic heterocycles. The van der Waals surface area contributed by atoms with Crippen molar-refractivity contribution < 1.29 is 66.6 Å². The van der Waals surface area contributed by atoms with Crippen molar-refractivity contribution in [3.8, 4) is 0 Å². The molecular formula is C21H20F13NO2. The highest BCUT2D eigenvalue weighted by Gasteiger charge is 2.91. The van der Waals surface area contributed by atoms with Crippen LogP contribution in [0.5, 0.6) is 0 Å². The molecule has 3 nitrogen and oxygen atoms in total. The number of hydrogen-bond acceptors (Lipinski definition) is 3. The lowest BCUT2D eigenvalue weighted by molar-refractivity contribution is -0.440. The van der Waals surface area contributed by atoms with Gasteiger partial charge in [-0.1, -0.05) is 42.5 Å². The molecule has 37 heavy (non-hydrogen) atoms. The lowest BCUT2D eigenvalue weighted by atomic mass is 9.89. The number of rotatable bonds is 12. The molecular weight excluding hydrogens is 545 g/mol. The molecule has 0 radical (unpaired) electrons. The first-order valence-corrected chi connectivity index (χ1v) is 10.2. The highest BCUT2D eigenvalue weighted by molar-refractivity contribution is 5.76. The van der Waals surface area contributed by atoms with E-state index in [0.29, 0.717) is 6.08 Å². The number of halogens is 13. The van der Waals surface area contributed by atoms with Crippen molar-refractivity contribution in [1.29, 1.82) is 0 Å². The molecule has 0 spiro atoms. The Morgan fingerprint density at radius 1 is 0.838 bits per heavy atom. The van der Waals surface area contributed by atoms with E-state index in [1.165, 1.54) is 37.3 Å². The Morgan fingerprint density at radius 2 is 1.32 bits per heavy atom. The van der Waals surface area contributed by atoms with Crippen molar-refractivity contribution in [2.24, 2.45) is 0 Å². The smallest absolute Gasteiger partial charge is 0.460 e. The Morgan fingerprint density at radius 3 is 1.76 bits per heavy atom. The third kappa shape index (κ3) is 5.98. The Kier molecular flexibility index (Phi) is 9.73. The molecule has 0 amide bonds. The lowest BCUT2D eigenvalue weighted by Gasteiger charge is -2.41. The zero-order valence-electron chi connectivity index (χ0n) is 18.8. The normalized spacial score (nSPS) is 16.1. The number of hydrogen-bond donors (Lipinski definition) is 1. The molecule has 1 aromatic rings. The quantitative estimate of drug-likeness (QED) is 0.180. The van der Waals surface area contributed by atoms with Crippen LogP contribution in [0.1, 0.15) is 19.4 Å². The number of alkyl halides is 13. The maximum absolute atomic E-state index is 14.8. The number of esters is 1. The van der Waals surface area contributed by atoms with E-state index in [4.69, 9.17) is 0 Å². The Hall–Kier alpha value is -2.52. The number of nitrogens with one attached hydrogen (secondary N) is 1. The monoisotopic (exact) mass is 565 g/mol. The van der Waals surface area contributed by atoms with Crippen LogP contribution >= 0.6 is 0 Å². The van der Waals surface area contributed by atoms with Gasteiger partial charge in [0.15, 0.2) is 0 Å². The maximum Gasteiger partial charge on any atom is 0.460 e. The molecule has 2 atom stereocenters. The Bertz CT molecular complexity index is 930. The number of carbonyl (C=O) groups is 1. The van der Waals surface area contributed by atoms with E-state index >= 15 is 0 Å². The average molecular weight is 565 g/mol. The first kappa shape index (κ1) is 32.5. The molecule has 0 saturated carbocycles. The zero-order valence-corrected chi connectivity index (χ0v) is 18.8. The van der Waals surface area contributed by atoms with Gasteiger partial charge < -0.3 is 4.74 Å². The van der Waals surface area contributed by atoms with Crippen LogP contribution in [0.3, 0.4) is 0 Å². The molecule has 0 aliphatic heterocycles. The van der Waals surface area contributed by atoms with Crippen molar-refractivity contribution in [3.63, 3.8) is 0 Å². The second kappa shape index (κ2) is 11.1. The predicted molar refractivity (Wildman–Crippen MR) is 103 cm³/mol. The summed E-state index contributed by atoms with van der Waals surface area (Å²) < 4.78 is 181. The van der Waals surface area contributed by atoms with Gasteiger partial charge in [0, 0.05) is 0 Å². The minimum Gasteiger partial charge on any atom is -0.465 e. The van der Waals surface area contributed by atoms with Gasteiger partial charge in [-0.3, -0.25) is 10.1 Å². The number of allylic oxidation sites excluding steroid dienone is 1. The van der Waals surface area contributed by atoms with Gasteiger partial charge in [0.1, 0.15) is 6.04 Å². The number of benzene rings is 1. The van der Waals surface area contributed by atoms with E-state index in [0.717, 1.165) is 6.92 Å². The van der Waals surface area contributed by atoms with Crippen molar-refractivity contribution in [2.45, 2.75) is 68.1 Å². The highest BCUT2D eigenvalue weighted by atomic mass is 19.4. The van der Waals surface area contributed by atoms with Crippen LogP contribution < -0.4 is 5.32 Å². The van der Waals surface area contributed by atoms with E-state index in [1.807, 2.05) is 0 Å². The Labute approximate surface area is 201 Å². The summed E-state index contributed by atoms with van der Waals surface area (Å²) in [5.41, 5.74) is 0.198. The second-order valence-corrected chi connectivity index (χ2v) is 7.58. The van der Waals surface area contributed by atoms with Crippen LogP contribution in [0.15, 0.2) is 42.5 Å². The Balaban J connectivity index is 3.56. The van der Waals surface area contributed by atoms with E-state index in [9.17, 15) is 61.9 Å². The number of ether oxygens (including phenoxy) is 1. The summed E-state index contributed by atoms with van der Waals surface area (Å²) in [6.07, 6.45) is -7.54. The molecule has 0 aliphatic carbocycles. The van der Waals surface area contributed by atoms with E-state index in [-0.39, 0.29) is 18.2 Å². The van der Waals surface area contributed by atoms with Crippen LogP contribution in [-0.2, 0) is 16.0 Å². The van der Waals surface area contributed by atoms with Gasteiger partial charge in [-0.05, 0) is 25.8 Å². The van der Waals surface area contributed by atoms with Crippen molar-refractivity contribution in [3.05, 3.63) is 48.0 Å². The fraction of sp³-hybridized carbons (Fsp3) is 0.571. The largest absolute Gasteiger partial charge is 0.465 e. The third-order valence-corrected chi connectivity index (χ3v) is 4.97. The van der Waals surface area contributed by atoms with Crippen molar-refractivity contribution >= 4 is 5.97 Å². The van der Waals surface area contributed by atoms with Crippen LogP contribution in [0.4, 0.5) is 57.1 Å². The summed E-state index contributed by atoms with van der Waals surface area (Å²) in [4.78, 5) is 12.2. The minimum absolute atomic E-state index is 0.0151. The standard InChI is InChI=1S/C21H20F13NO2/c1-3-8-14(35-13(15(36)37-4-2)11-12-9-6-5-7-10-12)16(22,23)17(24,25)18(26,27)19(28,29)20(30,31)21(32,33)34/h3,5-10,13-14,35H,4,11H2,1-2H3/b8-3+/t13-,14-/m0/s1. The zero-order chi connectivity index (χ0) is 29.1. The van der Waals surface area contributed by atoms with Gasteiger partial charge in [0.05, 0.1) is 12.6 Å². The van der Waals surface area contributed by atoms with Gasteiger partial charge in [0.2, 0.25) is 0 Å². The molecule has 16 heteroatoms. The first-order chi connectivity index (χ1) is 16.6. The minimum atomic E-state index is -8.02. The van der Waals surface area contributed by atoms with Gasteiger partial charge in [-0.2, -0.15) is 57.1 Å². The fourth-order valence-corrected chi connectivity index (χ4v) is 2.97. The fourth-order valence-electron chi connectivity index (χ4n) is 2.97. The molecule has 0 saturated heterocycles. The molecule has 0 unspecified atom stereocenters.